The van der Waals surface area contributed by atoms with Crippen LogP contribution in [0.1, 0.15) is 37.4 Å². The number of rotatable bonds is 7. The first-order valence-corrected chi connectivity index (χ1v) is 9.73. The van der Waals surface area contributed by atoms with Gasteiger partial charge in [-0.25, -0.2) is 4.39 Å². The molecule has 0 aliphatic heterocycles. The van der Waals surface area contributed by atoms with Crippen LogP contribution in [0.2, 0.25) is 5.02 Å². The van der Waals surface area contributed by atoms with Crippen molar-refractivity contribution in [1.82, 2.24) is 15.5 Å². The fraction of sp³-hybridized carbons (Fsp3) is 0.364. The minimum atomic E-state index is -0.620. The van der Waals surface area contributed by atoms with Gasteiger partial charge in [0.25, 0.3) is 11.8 Å². The van der Waals surface area contributed by atoms with Crippen LogP contribution in [0.15, 0.2) is 30.3 Å². The number of carbonyl (C=O) groups excluding carboxylic acids is 2. The lowest BCUT2D eigenvalue weighted by molar-refractivity contribution is 0.0938. The van der Waals surface area contributed by atoms with E-state index < -0.39 is 5.82 Å². The summed E-state index contributed by atoms with van der Waals surface area (Å²) in [5, 5.41) is 5.50. The zero-order valence-corrected chi connectivity index (χ0v) is 18.2. The number of nitrogens with one attached hydrogen (secondary N) is 2. The van der Waals surface area contributed by atoms with Crippen molar-refractivity contribution in [2.45, 2.75) is 26.3 Å². The normalized spacial score (nSPS) is 12.0. The molecular formula is C22H27ClFN3O2. The molecule has 0 aliphatic carbocycles. The number of halogens is 2. The summed E-state index contributed by atoms with van der Waals surface area (Å²) in [5.74, 6) is -1.09. The Morgan fingerprint density at radius 2 is 1.69 bits per heavy atom. The third-order valence-electron chi connectivity index (χ3n) is 5.04. The van der Waals surface area contributed by atoms with Gasteiger partial charge < -0.3 is 15.5 Å². The largest absolute Gasteiger partial charge is 0.355 e. The Morgan fingerprint density at radius 3 is 2.21 bits per heavy atom. The lowest BCUT2D eigenvalue weighted by Gasteiger charge is -2.26. The topological polar surface area (TPSA) is 61.4 Å². The molecule has 0 saturated carbocycles. The summed E-state index contributed by atoms with van der Waals surface area (Å²) in [6.07, 6.45) is 0.702. The highest BCUT2D eigenvalue weighted by Crippen LogP contribution is 2.20. The second-order valence-corrected chi connectivity index (χ2v) is 7.74. The maximum Gasteiger partial charge on any atom is 0.251 e. The predicted molar refractivity (Wildman–Crippen MR) is 114 cm³/mol. The summed E-state index contributed by atoms with van der Waals surface area (Å²) < 4.78 is 13.6. The zero-order valence-electron chi connectivity index (χ0n) is 17.4. The highest BCUT2D eigenvalue weighted by Gasteiger charge is 2.18. The first-order chi connectivity index (χ1) is 13.6. The molecule has 2 N–H and O–H groups in total. The van der Waals surface area contributed by atoms with E-state index in [9.17, 15) is 14.0 Å². The number of hydrogen-bond donors (Lipinski definition) is 2. The van der Waals surface area contributed by atoms with E-state index in [2.05, 4.69) is 10.6 Å². The molecule has 0 aromatic heterocycles. The Hall–Kier alpha value is -2.44. The first-order valence-electron chi connectivity index (χ1n) is 9.36. The molecule has 1 atom stereocenters. The van der Waals surface area contributed by atoms with E-state index >= 15 is 0 Å². The van der Waals surface area contributed by atoms with Gasteiger partial charge in [-0.2, -0.15) is 0 Å². The summed E-state index contributed by atoms with van der Waals surface area (Å²) >= 11 is 5.68. The Kier molecular flexibility index (Phi) is 7.76. The predicted octanol–water partition coefficient (Wildman–Crippen LogP) is 3.36. The van der Waals surface area contributed by atoms with Gasteiger partial charge in [-0.1, -0.05) is 11.6 Å². The molecule has 2 aromatic carbocycles. The first kappa shape index (κ1) is 22.8. The molecule has 0 fully saturated rings. The van der Waals surface area contributed by atoms with E-state index in [1.54, 1.807) is 7.05 Å². The molecule has 0 heterocycles. The molecule has 0 saturated heterocycles. The molecule has 5 nitrogen and oxygen atoms in total. The second kappa shape index (κ2) is 9.85. The van der Waals surface area contributed by atoms with E-state index in [-0.39, 0.29) is 28.4 Å². The van der Waals surface area contributed by atoms with Gasteiger partial charge in [-0.05, 0) is 81.4 Å². The van der Waals surface area contributed by atoms with Crippen molar-refractivity contribution in [2.75, 3.05) is 27.7 Å². The van der Waals surface area contributed by atoms with Crippen molar-refractivity contribution in [3.63, 3.8) is 0 Å². The molecule has 2 rings (SSSR count). The number of nitrogens with zero attached hydrogens (tertiary/aromatic N) is 1. The number of benzene rings is 2. The van der Waals surface area contributed by atoms with E-state index in [0.717, 1.165) is 22.8 Å². The third-order valence-corrected chi connectivity index (χ3v) is 5.34. The van der Waals surface area contributed by atoms with Gasteiger partial charge in [0, 0.05) is 30.8 Å². The molecule has 0 spiro atoms. The van der Waals surface area contributed by atoms with Crippen molar-refractivity contribution in [1.29, 1.82) is 0 Å². The summed E-state index contributed by atoms with van der Waals surface area (Å²) in [5.41, 5.74) is 4.06. The molecule has 0 radical (unpaired) electrons. The van der Waals surface area contributed by atoms with Crippen LogP contribution in [-0.4, -0.2) is 50.4 Å². The molecule has 156 valence electrons. The average Bonchev–Trinajstić information content (AvgIpc) is 2.67. The van der Waals surface area contributed by atoms with Gasteiger partial charge >= 0.3 is 0 Å². The third kappa shape index (κ3) is 5.78. The van der Waals surface area contributed by atoms with Crippen LogP contribution >= 0.6 is 11.6 Å². The highest BCUT2D eigenvalue weighted by molar-refractivity contribution is 6.30. The number of hydrogen-bond acceptors (Lipinski definition) is 3. The monoisotopic (exact) mass is 419 g/mol. The quantitative estimate of drug-likeness (QED) is 0.723. The maximum atomic E-state index is 13.6. The Morgan fingerprint density at radius 1 is 1.07 bits per heavy atom. The van der Waals surface area contributed by atoms with Gasteiger partial charge in [0.2, 0.25) is 0 Å². The molecule has 0 bridgehead atoms. The fourth-order valence-electron chi connectivity index (χ4n) is 3.21. The van der Waals surface area contributed by atoms with Crippen molar-refractivity contribution in [3.8, 4) is 0 Å². The molecular weight excluding hydrogens is 393 g/mol. The number of likely N-dealkylation sites (N-methyl/N-ethyl adjacent to an activating group) is 1. The molecule has 7 heteroatoms. The van der Waals surface area contributed by atoms with E-state index in [4.69, 9.17) is 11.6 Å². The van der Waals surface area contributed by atoms with Crippen molar-refractivity contribution in [3.05, 3.63) is 69.0 Å². The van der Waals surface area contributed by atoms with Gasteiger partial charge in [0.1, 0.15) is 5.82 Å². The summed E-state index contributed by atoms with van der Waals surface area (Å²) in [7, 11) is 5.50. The lowest BCUT2D eigenvalue weighted by Crippen LogP contribution is -2.42. The number of carbonyl (C=O) groups is 2. The van der Waals surface area contributed by atoms with Crippen LogP contribution in [0.5, 0.6) is 0 Å². The maximum absolute atomic E-state index is 13.6. The van der Waals surface area contributed by atoms with Gasteiger partial charge in [-0.3, -0.25) is 9.59 Å². The minimum absolute atomic E-state index is 0.0149. The Bertz CT molecular complexity index is 892. The van der Waals surface area contributed by atoms with E-state index in [1.165, 1.54) is 12.1 Å². The Labute approximate surface area is 176 Å². The zero-order chi connectivity index (χ0) is 21.7. The smallest absolute Gasteiger partial charge is 0.251 e. The van der Waals surface area contributed by atoms with Crippen molar-refractivity contribution < 1.29 is 14.0 Å². The van der Waals surface area contributed by atoms with Crippen LogP contribution < -0.4 is 10.6 Å². The standard InChI is InChI=1S/C22H27ClFN3O2/c1-13-8-16(21(28)25-3)9-14(2)18(13)11-17(27(4)5)12-26-22(29)15-6-7-19(23)20(24)10-15/h6-10,17H,11-12H2,1-5H3,(H,25,28)(H,26,29)/t17-/m0/s1. The molecule has 0 aliphatic rings. The minimum Gasteiger partial charge on any atom is -0.355 e. The fourth-order valence-corrected chi connectivity index (χ4v) is 3.33. The molecule has 2 aromatic rings. The summed E-state index contributed by atoms with van der Waals surface area (Å²) in [6.45, 7) is 4.36. The second-order valence-electron chi connectivity index (χ2n) is 7.33. The number of aryl methyl sites for hydroxylation is 2. The lowest BCUT2D eigenvalue weighted by atomic mass is 9.93. The molecule has 29 heavy (non-hydrogen) atoms. The average molecular weight is 420 g/mol. The van der Waals surface area contributed by atoms with Crippen LogP contribution in [0, 0.1) is 19.7 Å². The molecule has 2 amide bonds. The SMILES string of the molecule is CNC(=O)c1cc(C)c(C[C@@H](CNC(=O)c2ccc(Cl)c(F)c2)N(C)C)c(C)c1. The van der Waals surface area contributed by atoms with Crippen LogP contribution in [0.25, 0.3) is 0 Å². The van der Waals surface area contributed by atoms with Gasteiger partial charge in [0.05, 0.1) is 5.02 Å². The van der Waals surface area contributed by atoms with Crippen LogP contribution in [0.4, 0.5) is 4.39 Å². The summed E-state index contributed by atoms with van der Waals surface area (Å²) in [6, 6.07) is 7.78. The summed E-state index contributed by atoms with van der Waals surface area (Å²) in [4.78, 5) is 26.3. The van der Waals surface area contributed by atoms with E-state index in [0.29, 0.717) is 18.5 Å². The van der Waals surface area contributed by atoms with Gasteiger partial charge in [-0.15, -0.1) is 0 Å². The van der Waals surface area contributed by atoms with Crippen LogP contribution in [-0.2, 0) is 6.42 Å². The van der Waals surface area contributed by atoms with E-state index in [1.807, 2.05) is 45.0 Å². The Balaban J connectivity index is 2.13. The highest BCUT2D eigenvalue weighted by atomic mass is 35.5. The van der Waals surface area contributed by atoms with Crippen molar-refractivity contribution >= 4 is 23.4 Å². The molecule has 0 unspecified atom stereocenters. The van der Waals surface area contributed by atoms with Crippen LogP contribution in [0.3, 0.4) is 0 Å². The van der Waals surface area contributed by atoms with Crippen molar-refractivity contribution in [2.24, 2.45) is 0 Å². The number of amides is 2. The van der Waals surface area contributed by atoms with Gasteiger partial charge in [0.15, 0.2) is 0 Å².